The van der Waals surface area contributed by atoms with Gasteiger partial charge in [0.2, 0.25) is 0 Å². The average molecular weight is 542 g/mol. The molecule has 1 fully saturated rings. The highest BCUT2D eigenvalue weighted by atomic mass is 32.9. The fourth-order valence-corrected chi connectivity index (χ4v) is 6.54. The molecule has 0 spiro atoms. The van der Waals surface area contributed by atoms with Crippen LogP contribution in [0.2, 0.25) is 0 Å². The molecule has 0 bridgehead atoms. The van der Waals surface area contributed by atoms with Gasteiger partial charge in [-0.3, -0.25) is 9.46 Å². The number of carbonyl (C=O) groups excluding carboxylic acids is 2. The number of carbonyl (C=O) groups is 2. The van der Waals surface area contributed by atoms with Crippen LogP contribution in [-0.2, 0) is 26.2 Å². The van der Waals surface area contributed by atoms with Gasteiger partial charge in [-0.05, 0) is 42.8 Å². The van der Waals surface area contributed by atoms with Crippen LogP contribution in [0.15, 0.2) is 42.5 Å². The van der Waals surface area contributed by atoms with Crippen molar-refractivity contribution in [3.63, 3.8) is 0 Å². The summed E-state index contributed by atoms with van der Waals surface area (Å²) in [6, 6.07) is 11.0. The zero-order valence-corrected chi connectivity index (χ0v) is 21.1. The fraction of sp³-hybridized carbons (Fsp3) is 0.333. The van der Waals surface area contributed by atoms with Crippen LogP contribution in [0.25, 0.3) is 0 Å². The van der Waals surface area contributed by atoms with Crippen LogP contribution < -0.4 is 20.5 Å². The maximum Gasteiger partial charge on any atom is 0.347 e. The van der Waals surface area contributed by atoms with E-state index in [0.29, 0.717) is 26.3 Å². The Labute approximate surface area is 211 Å². The highest BCUT2D eigenvalue weighted by Gasteiger charge is 2.26. The second kappa shape index (κ2) is 12.3. The maximum absolute atomic E-state index is 12.8. The largest absolute Gasteiger partial charge is 0.426 e. The zero-order chi connectivity index (χ0) is 25.4. The lowest BCUT2D eigenvalue weighted by Gasteiger charge is -2.34. The summed E-state index contributed by atoms with van der Waals surface area (Å²) in [5.41, 5.74) is 6.03. The first-order valence-electron chi connectivity index (χ1n) is 10.5. The van der Waals surface area contributed by atoms with Gasteiger partial charge in [0, 0.05) is 36.6 Å². The Morgan fingerprint density at radius 1 is 1.17 bits per heavy atom. The minimum absolute atomic E-state index is 0.00852. The summed E-state index contributed by atoms with van der Waals surface area (Å²) in [6.07, 6.45) is -0.0890. The van der Waals surface area contributed by atoms with E-state index in [9.17, 15) is 19.7 Å². The molecule has 3 rings (SSSR count). The van der Waals surface area contributed by atoms with Gasteiger partial charge in [0.1, 0.15) is 17.1 Å². The first-order chi connectivity index (χ1) is 16.7. The van der Waals surface area contributed by atoms with Gasteiger partial charge in [-0.2, -0.15) is 0 Å². The molecule has 1 aliphatic heterocycles. The molecule has 11 nitrogen and oxygen atoms in total. The van der Waals surface area contributed by atoms with Gasteiger partial charge in [0.15, 0.2) is 0 Å². The minimum atomic E-state index is -2.26. The number of morpholine rings is 1. The predicted molar refractivity (Wildman–Crippen MR) is 135 cm³/mol. The molecule has 2 N–H and O–H groups in total. The van der Waals surface area contributed by atoms with Gasteiger partial charge in [-0.1, -0.05) is 11.8 Å². The third-order valence-electron chi connectivity index (χ3n) is 4.93. The van der Waals surface area contributed by atoms with Crippen molar-refractivity contribution in [1.29, 1.82) is 0 Å². The van der Waals surface area contributed by atoms with Crippen molar-refractivity contribution in [2.75, 3.05) is 38.6 Å². The third kappa shape index (κ3) is 7.64. The van der Waals surface area contributed by atoms with E-state index in [4.69, 9.17) is 44.0 Å². The second-order valence-electron chi connectivity index (χ2n) is 7.38. The molecule has 0 saturated carbocycles. The summed E-state index contributed by atoms with van der Waals surface area (Å²) in [4.78, 5) is 39.2. The Kier molecular flexibility index (Phi) is 9.47. The fourth-order valence-electron chi connectivity index (χ4n) is 3.18. The molecule has 1 unspecified atom stereocenters. The minimum Gasteiger partial charge on any atom is -0.426 e. The molecule has 0 amide bonds. The van der Waals surface area contributed by atoms with Gasteiger partial charge >= 0.3 is 11.9 Å². The number of nitrogens with two attached hydrogens (primary N) is 1. The number of nitrogen functional groups attached to an aromatic ring is 1. The Morgan fingerprint density at radius 2 is 1.86 bits per heavy atom. The van der Waals surface area contributed by atoms with E-state index in [2.05, 4.69) is 9.51 Å². The first kappa shape index (κ1) is 26.9. The number of esters is 2. The van der Waals surface area contributed by atoms with Crippen molar-refractivity contribution in [2.45, 2.75) is 12.8 Å². The molecular formula is C21H24N3O8PS2. The first-order valence-corrected chi connectivity index (χ1v) is 14.4. The normalized spacial score (nSPS) is 15.6. The van der Waals surface area contributed by atoms with Crippen molar-refractivity contribution < 1.29 is 33.7 Å². The molecule has 1 saturated heterocycles. The molecular weight excluding hydrogens is 517 g/mol. The van der Waals surface area contributed by atoms with E-state index in [1.165, 1.54) is 18.2 Å². The topological polar surface area (TPSA) is 143 Å². The molecule has 1 aliphatic rings. The lowest BCUT2D eigenvalue weighted by Crippen LogP contribution is -2.35. The number of thiol groups is 1. The molecule has 0 aliphatic carbocycles. The Hall–Kier alpha value is -2.70. The molecule has 1 heterocycles. The smallest absolute Gasteiger partial charge is 0.347 e. The molecule has 188 valence electrons. The van der Waals surface area contributed by atoms with Gasteiger partial charge in [-0.15, -0.1) is 22.4 Å². The van der Waals surface area contributed by atoms with Crippen molar-refractivity contribution >= 4 is 52.4 Å². The van der Waals surface area contributed by atoms with Crippen molar-refractivity contribution in [3.05, 3.63) is 58.1 Å². The maximum atomic E-state index is 12.8. The summed E-state index contributed by atoms with van der Waals surface area (Å²) in [6.45, 7) is 2.37. The van der Waals surface area contributed by atoms with Gasteiger partial charge in [-0.25, -0.2) is 4.79 Å². The van der Waals surface area contributed by atoms with Gasteiger partial charge in [0.25, 0.3) is 5.09 Å². The summed E-state index contributed by atoms with van der Waals surface area (Å²) in [5.74, 6) is -1.26. The number of hydrogen-bond donors (Lipinski definition) is 2. The second-order valence-corrected chi connectivity index (χ2v) is 13.7. The van der Waals surface area contributed by atoms with Crippen molar-refractivity contribution in [3.8, 4) is 11.5 Å². The van der Waals surface area contributed by atoms with E-state index in [1.807, 2.05) is 0 Å². The number of rotatable bonds is 10. The van der Waals surface area contributed by atoms with E-state index in [1.54, 1.807) is 24.3 Å². The quantitative estimate of drug-likeness (QED) is 0.0669. The number of anilines is 1. The standard InChI is InChI=1S/C21H24N3O8PS2/c22-15-3-8-18(19(14-15)32-20(25)2-1-11-30-24(27)28)21(26)31-16-4-6-17(7-5-16)33(34,35)23-9-12-29-13-10-23/h3-8,14H,1-2,9-13,22H2,(H,34,35). The van der Waals surface area contributed by atoms with Crippen LogP contribution in [0.1, 0.15) is 23.2 Å². The van der Waals surface area contributed by atoms with Crippen LogP contribution in [0, 0.1) is 10.1 Å². The van der Waals surface area contributed by atoms with Crippen LogP contribution in [0.3, 0.4) is 0 Å². The molecule has 0 aromatic heterocycles. The van der Waals surface area contributed by atoms with Gasteiger partial charge < -0.3 is 24.8 Å². The molecule has 0 radical (unpaired) electrons. The van der Waals surface area contributed by atoms with Crippen molar-refractivity contribution in [2.24, 2.45) is 0 Å². The summed E-state index contributed by atoms with van der Waals surface area (Å²) >= 11 is 10.6. The highest BCUT2D eigenvalue weighted by molar-refractivity contribution is 8.65. The number of benzene rings is 2. The monoisotopic (exact) mass is 541 g/mol. The van der Waals surface area contributed by atoms with Crippen LogP contribution in [0.4, 0.5) is 5.69 Å². The Morgan fingerprint density at radius 3 is 2.51 bits per heavy atom. The summed E-state index contributed by atoms with van der Waals surface area (Å²) < 4.78 is 18.2. The van der Waals surface area contributed by atoms with E-state index in [-0.39, 0.29) is 42.2 Å². The summed E-state index contributed by atoms with van der Waals surface area (Å²) in [7, 11) is 0. The molecule has 2 aromatic rings. The Balaban J connectivity index is 1.65. The SMILES string of the molecule is Nc1ccc(C(=O)Oc2ccc(P(=S)(S)N3CCOCC3)cc2)c(OC(=O)CCCO[N+](=O)[O-])c1. The molecule has 14 heteroatoms. The van der Waals surface area contributed by atoms with E-state index < -0.39 is 22.4 Å². The van der Waals surface area contributed by atoms with E-state index in [0.717, 1.165) is 5.30 Å². The third-order valence-corrected chi connectivity index (χ3v) is 9.84. The number of hydrogen-bond acceptors (Lipinski definition) is 10. The van der Waals surface area contributed by atoms with E-state index >= 15 is 0 Å². The molecule has 35 heavy (non-hydrogen) atoms. The molecule has 2 aromatic carbocycles. The summed E-state index contributed by atoms with van der Waals surface area (Å²) in [5, 5.41) is 7.83. The molecule has 1 atom stereocenters. The average Bonchev–Trinajstić information content (AvgIpc) is 2.82. The number of ether oxygens (including phenoxy) is 3. The van der Waals surface area contributed by atoms with Crippen LogP contribution in [-0.4, -0.2) is 54.6 Å². The van der Waals surface area contributed by atoms with Crippen LogP contribution >= 0.6 is 17.6 Å². The highest BCUT2D eigenvalue weighted by Crippen LogP contribution is 2.53. The zero-order valence-electron chi connectivity index (χ0n) is 18.5. The van der Waals surface area contributed by atoms with Crippen molar-refractivity contribution in [1.82, 2.24) is 4.67 Å². The predicted octanol–water partition coefficient (Wildman–Crippen LogP) is 2.58. The van der Waals surface area contributed by atoms with Gasteiger partial charge in [0.05, 0.1) is 25.2 Å². The Bertz CT molecular complexity index is 1130. The van der Waals surface area contributed by atoms with Crippen LogP contribution in [0.5, 0.6) is 11.5 Å². The lowest BCUT2D eigenvalue weighted by atomic mass is 10.2. The number of nitrogens with zero attached hydrogens (tertiary/aromatic N) is 2. The lowest BCUT2D eigenvalue weighted by molar-refractivity contribution is -0.757.